The molecular weight excluding hydrogens is 440 g/mol. The highest BCUT2D eigenvalue weighted by Gasteiger charge is 2.44. The number of rotatable bonds is 10. The highest BCUT2D eigenvalue weighted by Crippen LogP contribution is 2.34. The van der Waals surface area contributed by atoms with Crippen LogP contribution in [0.4, 0.5) is 4.79 Å². The van der Waals surface area contributed by atoms with Gasteiger partial charge in [-0.1, -0.05) is 40.0 Å². The monoisotopic (exact) mass is 484 g/mol. The molecule has 0 bridgehead atoms. The van der Waals surface area contributed by atoms with Gasteiger partial charge >= 0.3 is 6.09 Å². The Balaban J connectivity index is 2.12. The van der Waals surface area contributed by atoms with Crippen molar-refractivity contribution >= 4 is 29.7 Å². The molecule has 1 saturated heterocycles. The van der Waals surface area contributed by atoms with Gasteiger partial charge in [0, 0.05) is 23.4 Å². The number of carbonyl (C=O) groups excluding carboxylic acids is 3. The second-order valence-corrected chi connectivity index (χ2v) is 12.5. The second kappa shape index (κ2) is 12.3. The lowest BCUT2D eigenvalue weighted by Crippen LogP contribution is -2.60. The van der Waals surface area contributed by atoms with E-state index >= 15 is 0 Å². The number of carbonyl (C=O) groups is 3. The summed E-state index contributed by atoms with van der Waals surface area (Å²) in [6, 6.07) is -1.35. The molecule has 1 aliphatic carbocycles. The van der Waals surface area contributed by atoms with Crippen molar-refractivity contribution in [2.45, 2.75) is 114 Å². The van der Waals surface area contributed by atoms with E-state index in [1.165, 1.54) is 6.42 Å². The number of nitrogens with zero attached hydrogens (tertiary/aromatic N) is 1. The Morgan fingerprint density at radius 1 is 1.18 bits per heavy atom. The molecule has 2 atom stereocenters. The Bertz CT molecular complexity index is 679. The van der Waals surface area contributed by atoms with E-state index < -0.39 is 22.9 Å². The van der Waals surface area contributed by atoms with Crippen molar-refractivity contribution in [3.63, 3.8) is 0 Å². The van der Waals surface area contributed by atoms with Gasteiger partial charge in [-0.3, -0.25) is 9.59 Å². The maximum absolute atomic E-state index is 13.7. The Kier molecular flexibility index (Phi) is 10.3. The first-order chi connectivity index (χ1) is 15.5. The number of likely N-dealkylation sites (tertiary alicyclic amines) is 1. The Hall–Kier alpha value is -1.48. The predicted octanol–water partition coefficient (Wildman–Crippen LogP) is 3.18. The third-order valence-electron chi connectivity index (χ3n) is 6.48. The summed E-state index contributed by atoms with van der Waals surface area (Å²) in [5.41, 5.74) is 6.13. The first-order valence-corrected chi connectivity index (χ1v) is 13.4. The standard InChI is InChI=1S/C24H44N4O4S/c1-6-15-32-22(31)27-19(23(4,5)33-17(2)3)21(30)28-14-10-11-18(28)20(29)26-16-24(25)12-8-7-9-13-24/h17-19H,6-16,25H2,1-5H3,(H,26,29)(H,27,31)/t18-,19-/m0/s1. The highest BCUT2D eigenvalue weighted by atomic mass is 32.2. The molecule has 1 aliphatic heterocycles. The van der Waals surface area contributed by atoms with E-state index in [0.717, 1.165) is 32.1 Å². The van der Waals surface area contributed by atoms with Gasteiger partial charge in [0.15, 0.2) is 0 Å². The van der Waals surface area contributed by atoms with Gasteiger partial charge in [0.2, 0.25) is 11.8 Å². The van der Waals surface area contributed by atoms with Gasteiger partial charge in [-0.15, -0.1) is 0 Å². The summed E-state index contributed by atoms with van der Waals surface area (Å²) >= 11 is 1.62. The Morgan fingerprint density at radius 3 is 2.45 bits per heavy atom. The van der Waals surface area contributed by atoms with E-state index in [-0.39, 0.29) is 22.6 Å². The van der Waals surface area contributed by atoms with E-state index in [0.29, 0.717) is 32.5 Å². The second-order valence-electron chi connectivity index (χ2n) is 10.3. The number of nitrogens with one attached hydrogen (secondary N) is 2. The summed E-state index contributed by atoms with van der Waals surface area (Å²) in [7, 11) is 0. The number of nitrogens with two attached hydrogens (primary N) is 1. The van der Waals surface area contributed by atoms with E-state index in [9.17, 15) is 14.4 Å². The molecule has 1 saturated carbocycles. The summed E-state index contributed by atoms with van der Waals surface area (Å²) in [5, 5.41) is 6.08. The van der Waals surface area contributed by atoms with Crippen LogP contribution in [0.3, 0.4) is 0 Å². The number of thioether (sulfide) groups is 1. The van der Waals surface area contributed by atoms with Crippen LogP contribution in [-0.4, -0.2) is 70.1 Å². The maximum atomic E-state index is 13.7. The zero-order valence-corrected chi connectivity index (χ0v) is 21.9. The predicted molar refractivity (Wildman–Crippen MR) is 133 cm³/mol. The fraction of sp³-hybridized carbons (Fsp3) is 0.875. The van der Waals surface area contributed by atoms with Crippen LogP contribution in [0.2, 0.25) is 0 Å². The van der Waals surface area contributed by atoms with Crippen LogP contribution in [-0.2, 0) is 14.3 Å². The Labute approximate surface area is 203 Å². The SMILES string of the molecule is CCCOC(=O)N[C@@H](C(=O)N1CCC[C@H]1C(=O)NCC1(N)CCCCC1)C(C)(C)SC(C)C. The van der Waals surface area contributed by atoms with Crippen LogP contribution in [0.15, 0.2) is 0 Å². The number of alkyl carbamates (subject to hydrolysis) is 1. The number of amides is 3. The third kappa shape index (κ3) is 8.05. The first-order valence-electron chi connectivity index (χ1n) is 12.5. The van der Waals surface area contributed by atoms with Crippen molar-refractivity contribution in [2.75, 3.05) is 19.7 Å². The fourth-order valence-electron chi connectivity index (χ4n) is 4.85. The minimum atomic E-state index is -0.804. The van der Waals surface area contributed by atoms with Crippen molar-refractivity contribution in [1.82, 2.24) is 15.5 Å². The largest absolute Gasteiger partial charge is 0.450 e. The lowest BCUT2D eigenvalue weighted by Gasteiger charge is -2.38. The Morgan fingerprint density at radius 2 is 1.85 bits per heavy atom. The van der Waals surface area contributed by atoms with Crippen LogP contribution in [0.5, 0.6) is 0 Å². The van der Waals surface area contributed by atoms with Crippen LogP contribution in [0, 0.1) is 0 Å². The molecular formula is C24H44N4O4S. The quantitative estimate of drug-likeness (QED) is 0.439. The van der Waals surface area contributed by atoms with Crippen LogP contribution in [0.25, 0.3) is 0 Å². The van der Waals surface area contributed by atoms with Gasteiger partial charge < -0.3 is 26.0 Å². The van der Waals surface area contributed by atoms with E-state index in [1.807, 2.05) is 20.8 Å². The van der Waals surface area contributed by atoms with Crippen molar-refractivity contribution in [3.8, 4) is 0 Å². The number of ether oxygens (including phenoxy) is 1. The summed E-state index contributed by atoms with van der Waals surface area (Å²) in [6.07, 6.45) is 6.65. The zero-order valence-electron chi connectivity index (χ0n) is 21.1. The minimum Gasteiger partial charge on any atom is -0.450 e. The molecule has 8 nitrogen and oxygen atoms in total. The van der Waals surface area contributed by atoms with E-state index in [4.69, 9.17) is 10.5 Å². The molecule has 33 heavy (non-hydrogen) atoms. The van der Waals surface area contributed by atoms with Gasteiger partial charge in [0.25, 0.3) is 0 Å². The van der Waals surface area contributed by atoms with Gasteiger partial charge in [0.1, 0.15) is 12.1 Å². The highest BCUT2D eigenvalue weighted by molar-refractivity contribution is 8.01. The molecule has 0 aromatic rings. The van der Waals surface area contributed by atoms with Gasteiger partial charge in [-0.05, 0) is 51.2 Å². The molecule has 2 fully saturated rings. The summed E-state index contributed by atoms with van der Waals surface area (Å²) in [5.74, 6) is -0.391. The molecule has 3 amide bonds. The van der Waals surface area contributed by atoms with Crippen molar-refractivity contribution < 1.29 is 19.1 Å². The summed E-state index contributed by atoms with van der Waals surface area (Å²) in [4.78, 5) is 40.8. The molecule has 4 N–H and O–H groups in total. The van der Waals surface area contributed by atoms with E-state index in [1.54, 1.807) is 16.7 Å². The van der Waals surface area contributed by atoms with Gasteiger partial charge in [0.05, 0.1) is 6.61 Å². The van der Waals surface area contributed by atoms with E-state index in [2.05, 4.69) is 24.5 Å². The molecule has 0 unspecified atom stereocenters. The molecule has 9 heteroatoms. The lowest BCUT2D eigenvalue weighted by atomic mass is 9.82. The van der Waals surface area contributed by atoms with Crippen LogP contribution < -0.4 is 16.4 Å². The lowest BCUT2D eigenvalue weighted by molar-refractivity contribution is -0.140. The molecule has 0 aromatic heterocycles. The topological polar surface area (TPSA) is 114 Å². The van der Waals surface area contributed by atoms with Crippen molar-refractivity contribution in [2.24, 2.45) is 5.73 Å². The number of hydrogen-bond acceptors (Lipinski definition) is 6. The van der Waals surface area contributed by atoms with Crippen molar-refractivity contribution in [1.29, 1.82) is 0 Å². The number of hydrogen-bond donors (Lipinski definition) is 3. The summed E-state index contributed by atoms with van der Waals surface area (Å²) in [6.45, 7) is 11.2. The smallest absolute Gasteiger partial charge is 0.407 e. The third-order valence-corrected chi connectivity index (χ3v) is 7.80. The summed E-state index contributed by atoms with van der Waals surface area (Å²) < 4.78 is 4.62. The zero-order chi connectivity index (χ0) is 24.6. The molecule has 190 valence electrons. The van der Waals surface area contributed by atoms with Crippen molar-refractivity contribution in [3.05, 3.63) is 0 Å². The van der Waals surface area contributed by atoms with Crippen LogP contribution in [0.1, 0.15) is 86.0 Å². The first kappa shape index (κ1) is 27.8. The van der Waals surface area contributed by atoms with Gasteiger partial charge in [-0.2, -0.15) is 11.8 Å². The average molecular weight is 485 g/mol. The molecule has 2 aliphatic rings. The molecule has 0 aromatic carbocycles. The maximum Gasteiger partial charge on any atom is 0.407 e. The van der Waals surface area contributed by atoms with Gasteiger partial charge in [-0.25, -0.2) is 4.79 Å². The normalized spacial score (nSPS) is 21.5. The fourth-order valence-corrected chi connectivity index (χ4v) is 6.36. The molecule has 0 radical (unpaired) electrons. The van der Waals surface area contributed by atoms with Crippen LogP contribution >= 0.6 is 11.8 Å². The molecule has 1 heterocycles. The average Bonchev–Trinajstić information content (AvgIpc) is 3.23. The minimum absolute atomic E-state index is 0.155. The molecule has 0 spiro atoms. The molecule has 2 rings (SSSR count).